The lowest BCUT2D eigenvalue weighted by atomic mass is 9.91. The van der Waals surface area contributed by atoms with Gasteiger partial charge >= 0.3 is 6.09 Å². The van der Waals surface area contributed by atoms with Crippen molar-refractivity contribution in [1.29, 1.82) is 5.26 Å². The molecule has 30 heavy (non-hydrogen) atoms. The lowest BCUT2D eigenvalue weighted by Crippen LogP contribution is -2.61. The van der Waals surface area contributed by atoms with Crippen molar-refractivity contribution in [3.63, 3.8) is 0 Å². The number of nitrogens with one attached hydrogen (secondary N) is 1. The molecule has 2 rings (SSSR count). The summed E-state index contributed by atoms with van der Waals surface area (Å²) < 4.78 is 17.2. The third-order valence-electron chi connectivity index (χ3n) is 5.33. The number of hydrogen-bond acceptors (Lipinski definition) is 5. The molecule has 0 unspecified atom stereocenters. The van der Waals surface area contributed by atoms with Crippen molar-refractivity contribution in [2.24, 2.45) is 0 Å². The monoisotopic (exact) mass is 418 g/mol. The van der Waals surface area contributed by atoms with E-state index in [4.69, 9.17) is 14.2 Å². The molecule has 1 amide bonds. The molecule has 1 saturated heterocycles. The Bertz CT molecular complexity index is 732. The van der Waals surface area contributed by atoms with E-state index in [1.54, 1.807) is 13.8 Å². The molecule has 2 N–H and O–H groups in total. The minimum atomic E-state index is -1.11. The summed E-state index contributed by atoms with van der Waals surface area (Å²) in [7, 11) is 0. The van der Waals surface area contributed by atoms with E-state index < -0.39 is 17.4 Å². The van der Waals surface area contributed by atoms with Gasteiger partial charge in [0.05, 0.1) is 30.9 Å². The maximum atomic E-state index is 11.3. The van der Waals surface area contributed by atoms with Gasteiger partial charge in [-0.15, -0.1) is 0 Å². The first kappa shape index (κ1) is 24.0. The number of carboxylic acid groups (broad SMARTS) is 1. The van der Waals surface area contributed by atoms with Crippen LogP contribution in [0.5, 0.6) is 5.75 Å². The van der Waals surface area contributed by atoms with Crippen LogP contribution in [0.2, 0.25) is 0 Å². The van der Waals surface area contributed by atoms with Crippen molar-refractivity contribution in [2.45, 2.75) is 77.0 Å². The number of nitrogens with zero attached hydrogens (tertiary/aromatic N) is 1. The Morgan fingerprint density at radius 2 is 1.93 bits per heavy atom. The Hall–Kier alpha value is -2.30. The summed E-state index contributed by atoms with van der Waals surface area (Å²) in [6.07, 6.45) is 5.74. The van der Waals surface area contributed by atoms with Gasteiger partial charge in [0.2, 0.25) is 0 Å². The van der Waals surface area contributed by atoms with Gasteiger partial charge in [-0.1, -0.05) is 38.7 Å². The molecule has 1 fully saturated rings. The molecule has 1 heterocycles. The Morgan fingerprint density at radius 3 is 2.57 bits per heavy atom. The fourth-order valence-electron chi connectivity index (χ4n) is 3.43. The number of rotatable bonds is 11. The number of nitriles is 1. The number of ether oxygens (including phenoxy) is 3. The van der Waals surface area contributed by atoms with Crippen LogP contribution in [0.25, 0.3) is 0 Å². The van der Waals surface area contributed by atoms with Gasteiger partial charge in [0, 0.05) is 0 Å². The average Bonchev–Trinajstić information content (AvgIpc) is 2.71. The zero-order chi connectivity index (χ0) is 22.0. The molecule has 1 aromatic rings. The molecule has 0 aliphatic carbocycles. The first-order valence-corrected chi connectivity index (χ1v) is 10.7. The van der Waals surface area contributed by atoms with Gasteiger partial charge in [-0.2, -0.15) is 5.26 Å². The summed E-state index contributed by atoms with van der Waals surface area (Å²) in [4.78, 5) is 11.3. The van der Waals surface area contributed by atoms with Gasteiger partial charge in [0.1, 0.15) is 11.8 Å². The van der Waals surface area contributed by atoms with E-state index >= 15 is 0 Å². The van der Waals surface area contributed by atoms with Crippen LogP contribution in [0.15, 0.2) is 18.2 Å². The Kier molecular flexibility index (Phi) is 8.94. The van der Waals surface area contributed by atoms with Crippen LogP contribution in [0.3, 0.4) is 0 Å². The molecule has 0 spiro atoms. The van der Waals surface area contributed by atoms with Gasteiger partial charge in [-0.3, -0.25) is 0 Å². The van der Waals surface area contributed by atoms with Crippen molar-refractivity contribution in [1.82, 2.24) is 5.32 Å². The van der Waals surface area contributed by atoms with Crippen molar-refractivity contribution in [3.05, 3.63) is 29.3 Å². The summed E-state index contributed by atoms with van der Waals surface area (Å²) >= 11 is 0. The molecule has 1 aliphatic heterocycles. The van der Waals surface area contributed by atoms with Crippen LogP contribution in [0.1, 0.15) is 70.4 Å². The molecule has 166 valence electrons. The van der Waals surface area contributed by atoms with Crippen molar-refractivity contribution < 1.29 is 24.1 Å². The van der Waals surface area contributed by atoms with E-state index in [-0.39, 0.29) is 13.2 Å². The molecule has 1 aliphatic rings. The topological polar surface area (TPSA) is 101 Å². The SMILES string of the molecule is CCCCCCCOc1ccc(CCC2(NC(=O)O)COC(C)(C)OC2)cc1C#N. The standard InChI is InChI=1S/C23H34N2O5/c1-4-5-6-7-8-13-28-20-10-9-18(14-19(20)15-24)11-12-23(25-21(26)27)16-29-22(2,3)30-17-23/h9-10,14,25H,4-8,11-13,16-17H2,1-3H3,(H,26,27). The number of aryl methyl sites for hydroxylation is 1. The van der Waals surface area contributed by atoms with Gasteiger partial charge in [0.25, 0.3) is 0 Å². The summed E-state index contributed by atoms with van der Waals surface area (Å²) in [6.45, 7) is 6.87. The van der Waals surface area contributed by atoms with Crippen LogP contribution < -0.4 is 10.1 Å². The molecule has 7 heteroatoms. The summed E-state index contributed by atoms with van der Waals surface area (Å²) in [5.41, 5.74) is 0.624. The number of benzene rings is 1. The molecule has 0 saturated carbocycles. The van der Waals surface area contributed by atoms with Crippen LogP contribution in [0, 0.1) is 11.3 Å². The predicted octanol–water partition coefficient (Wildman–Crippen LogP) is 4.63. The fraction of sp³-hybridized carbons (Fsp3) is 0.652. The van der Waals surface area contributed by atoms with E-state index in [1.807, 2.05) is 18.2 Å². The third-order valence-corrected chi connectivity index (χ3v) is 5.33. The van der Waals surface area contributed by atoms with Crippen LogP contribution >= 0.6 is 0 Å². The molecule has 0 radical (unpaired) electrons. The maximum Gasteiger partial charge on any atom is 0.405 e. The highest BCUT2D eigenvalue weighted by Gasteiger charge is 2.41. The molecular weight excluding hydrogens is 384 g/mol. The molecule has 7 nitrogen and oxygen atoms in total. The second-order valence-electron chi connectivity index (χ2n) is 8.39. The smallest absolute Gasteiger partial charge is 0.405 e. The number of unbranched alkanes of at least 4 members (excludes halogenated alkanes) is 4. The minimum Gasteiger partial charge on any atom is -0.492 e. The lowest BCUT2D eigenvalue weighted by Gasteiger charge is -2.43. The summed E-state index contributed by atoms with van der Waals surface area (Å²) in [5.74, 6) is -0.131. The Balaban J connectivity index is 1.95. The van der Waals surface area contributed by atoms with E-state index in [0.717, 1.165) is 18.4 Å². The highest BCUT2D eigenvalue weighted by Crippen LogP contribution is 2.28. The first-order valence-electron chi connectivity index (χ1n) is 10.7. The second-order valence-corrected chi connectivity index (χ2v) is 8.39. The van der Waals surface area contributed by atoms with Crippen LogP contribution in [0.4, 0.5) is 4.79 Å². The highest BCUT2D eigenvalue weighted by atomic mass is 16.7. The third kappa shape index (κ3) is 7.51. The average molecular weight is 419 g/mol. The molecule has 0 bridgehead atoms. The summed E-state index contributed by atoms with van der Waals surface area (Å²) in [5, 5.41) is 21.3. The van der Waals surface area contributed by atoms with Gasteiger partial charge in [-0.05, 0) is 50.8 Å². The Morgan fingerprint density at radius 1 is 1.23 bits per heavy atom. The highest BCUT2D eigenvalue weighted by molar-refractivity contribution is 5.65. The van der Waals surface area contributed by atoms with Crippen molar-refractivity contribution >= 4 is 6.09 Å². The zero-order valence-corrected chi connectivity index (χ0v) is 18.3. The van der Waals surface area contributed by atoms with Crippen molar-refractivity contribution in [2.75, 3.05) is 19.8 Å². The lowest BCUT2D eigenvalue weighted by molar-refractivity contribution is -0.271. The fourth-order valence-corrected chi connectivity index (χ4v) is 3.43. The van der Waals surface area contributed by atoms with Gasteiger partial charge in [-0.25, -0.2) is 4.79 Å². The van der Waals surface area contributed by atoms with Crippen LogP contribution in [-0.2, 0) is 15.9 Å². The minimum absolute atomic E-state index is 0.233. The quantitative estimate of drug-likeness (QED) is 0.508. The van der Waals surface area contributed by atoms with E-state index in [2.05, 4.69) is 18.3 Å². The molecular formula is C23H34N2O5. The van der Waals surface area contributed by atoms with E-state index in [1.165, 1.54) is 19.3 Å². The molecule has 0 aromatic heterocycles. The van der Waals surface area contributed by atoms with E-state index in [0.29, 0.717) is 30.8 Å². The number of carbonyl (C=O) groups is 1. The zero-order valence-electron chi connectivity index (χ0n) is 18.3. The van der Waals surface area contributed by atoms with Gasteiger partial charge < -0.3 is 24.6 Å². The van der Waals surface area contributed by atoms with Crippen molar-refractivity contribution in [3.8, 4) is 11.8 Å². The molecule has 1 aromatic carbocycles. The number of amides is 1. The summed E-state index contributed by atoms with van der Waals surface area (Å²) in [6, 6.07) is 7.77. The largest absolute Gasteiger partial charge is 0.492 e. The maximum absolute atomic E-state index is 11.3. The second kappa shape index (κ2) is 11.2. The van der Waals surface area contributed by atoms with Gasteiger partial charge in [0.15, 0.2) is 5.79 Å². The first-order chi connectivity index (χ1) is 14.3. The van der Waals surface area contributed by atoms with Crippen LogP contribution in [-0.4, -0.2) is 42.3 Å². The predicted molar refractivity (Wildman–Crippen MR) is 114 cm³/mol. The van der Waals surface area contributed by atoms with E-state index in [9.17, 15) is 15.2 Å². The number of hydrogen-bond donors (Lipinski definition) is 2. The Labute approximate surface area is 179 Å². The molecule has 0 atom stereocenters. The normalized spacial score (nSPS) is 17.1.